The molecule has 182 valence electrons. The lowest BCUT2D eigenvalue weighted by molar-refractivity contribution is -0.384. The molecule has 0 spiro atoms. The van der Waals surface area contributed by atoms with Gasteiger partial charge in [0.15, 0.2) is 5.76 Å². The Balaban J connectivity index is 1.26. The van der Waals surface area contributed by atoms with Gasteiger partial charge in [-0.1, -0.05) is 28.1 Å². The first kappa shape index (κ1) is 23.4. The minimum atomic E-state index is -0.336. The fourth-order valence-corrected chi connectivity index (χ4v) is 4.73. The van der Waals surface area contributed by atoms with E-state index in [1.807, 2.05) is 41.3 Å². The molecule has 2 aromatic carbocycles. The minimum absolute atomic E-state index is 0.101. The lowest BCUT2D eigenvalue weighted by Crippen LogP contribution is -2.48. The van der Waals surface area contributed by atoms with E-state index in [9.17, 15) is 14.9 Å². The number of nitrogens with zero attached hydrogens (tertiary/aromatic N) is 4. The van der Waals surface area contributed by atoms with Crippen molar-refractivity contribution in [3.8, 4) is 11.3 Å². The zero-order chi connectivity index (χ0) is 24.4. The molecule has 0 saturated carbocycles. The summed E-state index contributed by atoms with van der Waals surface area (Å²) in [4.78, 5) is 30.2. The highest BCUT2D eigenvalue weighted by atomic mass is 79.9. The number of ether oxygens (including phenoxy) is 1. The molecule has 0 bridgehead atoms. The van der Waals surface area contributed by atoms with Crippen LogP contribution in [0.15, 0.2) is 63.5 Å². The van der Waals surface area contributed by atoms with Gasteiger partial charge in [-0.3, -0.25) is 14.9 Å². The second-order valence-corrected chi connectivity index (χ2v) is 9.40. The smallest absolute Gasteiger partial charge is 0.292 e. The molecule has 2 saturated heterocycles. The van der Waals surface area contributed by atoms with Crippen molar-refractivity contribution in [2.45, 2.75) is 0 Å². The van der Waals surface area contributed by atoms with E-state index in [1.54, 1.807) is 23.1 Å². The van der Waals surface area contributed by atoms with E-state index < -0.39 is 0 Å². The van der Waals surface area contributed by atoms with E-state index in [0.717, 1.165) is 15.7 Å². The van der Waals surface area contributed by atoms with Crippen LogP contribution in [0.4, 0.5) is 17.1 Å². The molecule has 2 fully saturated rings. The molecular weight excluding hydrogens is 516 g/mol. The summed E-state index contributed by atoms with van der Waals surface area (Å²) in [5, 5.41) is 11.6. The summed E-state index contributed by atoms with van der Waals surface area (Å²) in [7, 11) is 0. The van der Waals surface area contributed by atoms with Crippen LogP contribution < -0.4 is 9.80 Å². The normalized spacial score (nSPS) is 16.4. The van der Waals surface area contributed by atoms with Gasteiger partial charge < -0.3 is 23.9 Å². The zero-order valence-electron chi connectivity index (χ0n) is 19.1. The molecule has 9 nitrogen and oxygen atoms in total. The zero-order valence-corrected chi connectivity index (χ0v) is 20.6. The number of nitro benzene ring substituents is 1. The number of nitro groups is 1. The second-order valence-electron chi connectivity index (χ2n) is 8.48. The van der Waals surface area contributed by atoms with Gasteiger partial charge in [0, 0.05) is 61.1 Å². The van der Waals surface area contributed by atoms with Crippen molar-refractivity contribution >= 4 is 38.9 Å². The van der Waals surface area contributed by atoms with Crippen molar-refractivity contribution in [3.05, 3.63) is 74.9 Å². The number of benzene rings is 2. The fraction of sp³-hybridized carbons (Fsp3) is 0.320. The van der Waals surface area contributed by atoms with Crippen molar-refractivity contribution in [1.29, 1.82) is 0 Å². The maximum atomic E-state index is 13.0. The van der Waals surface area contributed by atoms with Gasteiger partial charge in [-0.25, -0.2) is 0 Å². The van der Waals surface area contributed by atoms with Gasteiger partial charge in [0.25, 0.3) is 11.6 Å². The number of carbonyl (C=O) groups is 1. The van der Waals surface area contributed by atoms with Crippen LogP contribution in [0.1, 0.15) is 10.6 Å². The third-order valence-corrected chi connectivity index (χ3v) is 6.91. The maximum absolute atomic E-state index is 13.0. The minimum Gasteiger partial charge on any atom is -0.451 e. The Morgan fingerprint density at radius 1 is 0.886 bits per heavy atom. The highest BCUT2D eigenvalue weighted by Gasteiger charge is 2.27. The van der Waals surface area contributed by atoms with Crippen LogP contribution in [0, 0.1) is 10.1 Å². The van der Waals surface area contributed by atoms with Crippen LogP contribution in [-0.2, 0) is 4.74 Å². The Morgan fingerprint density at radius 3 is 2.29 bits per heavy atom. The lowest BCUT2D eigenvalue weighted by atomic mass is 10.1. The molecule has 0 unspecified atom stereocenters. The summed E-state index contributed by atoms with van der Waals surface area (Å²) in [6, 6.07) is 16.5. The van der Waals surface area contributed by atoms with E-state index in [1.165, 1.54) is 0 Å². The fourth-order valence-electron chi connectivity index (χ4n) is 4.47. The SMILES string of the molecule is O=C(c1ccc(-c2ccc(Br)cc2)o1)N1CCN(c2ccc([N+](=O)[O-])c(N3CCOCC3)c2)CC1. The van der Waals surface area contributed by atoms with Gasteiger partial charge in [0.2, 0.25) is 0 Å². The van der Waals surface area contributed by atoms with Gasteiger partial charge in [0.1, 0.15) is 11.4 Å². The number of hydrogen-bond donors (Lipinski definition) is 0. The number of carbonyl (C=O) groups excluding carboxylic acids is 1. The topological polar surface area (TPSA) is 92.3 Å². The summed E-state index contributed by atoms with van der Waals surface area (Å²) < 4.78 is 12.2. The quantitative estimate of drug-likeness (QED) is 0.349. The number of piperazine rings is 1. The average molecular weight is 541 g/mol. The largest absolute Gasteiger partial charge is 0.451 e. The summed E-state index contributed by atoms with van der Waals surface area (Å²) in [6.45, 7) is 4.69. The first-order valence-electron chi connectivity index (χ1n) is 11.5. The van der Waals surface area contributed by atoms with Gasteiger partial charge in [-0.2, -0.15) is 0 Å². The first-order valence-corrected chi connectivity index (χ1v) is 12.3. The standard InChI is InChI=1S/C25H25BrN4O5/c26-19-3-1-18(2-4-19)23-7-8-24(35-23)25(31)29-11-9-27(10-12-29)20-5-6-21(30(32)33)22(17-20)28-13-15-34-16-14-28/h1-8,17H,9-16H2. The first-order chi connectivity index (χ1) is 17.0. The van der Waals surface area contributed by atoms with E-state index >= 15 is 0 Å². The van der Waals surface area contributed by atoms with Crippen LogP contribution in [0.3, 0.4) is 0 Å². The summed E-state index contributed by atoms with van der Waals surface area (Å²) in [5.41, 5.74) is 2.54. The molecule has 0 radical (unpaired) electrons. The molecule has 0 atom stereocenters. The molecule has 2 aliphatic rings. The van der Waals surface area contributed by atoms with Gasteiger partial charge >= 0.3 is 0 Å². The third-order valence-electron chi connectivity index (χ3n) is 6.39. The van der Waals surface area contributed by atoms with Crippen LogP contribution >= 0.6 is 15.9 Å². The predicted octanol–water partition coefficient (Wildman–Crippen LogP) is 4.42. The van der Waals surface area contributed by atoms with Gasteiger partial charge in [-0.15, -0.1) is 0 Å². The highest BCUT2D eigenvalue weighted by molar-refractivity contribution is 9.10. The molecule has 1 amide bonds. The Bertz CT molecular complexity index is 1210. The second kappa shape index (κ2) is 10.1. The average Bonchev–Trinajstić information content (AvgIpc) is 3.39. The molecule has 0 N–H and O–H groups in total. The number of hydrogen-bond acceptors (Lipinski definition) is 7. The lowest BCUT2D eigenvalue weighted by Gasteiger charge is -2.36. The molecule has 1 aromatic heterocycles. The van der Waals surface area contributed by atoms with E-state index in [4.69, 9.17) is 9.15 Å². The number of amides is 1. The molecule has 0 aliphatic carbocycles. The van der Waals surface area contributed by atoms with Crippen LogP contribution in [0.25, 0.3) is 11.3 Å². The van der Waals surface area contributed by atoms with E-state index in [0.29, 0.717) is 69.7 Å². The third kappa shape index (κ3) is 5.03. The molecule has 10 heteroatoms. The van der Waals surface area contributed by atoms with Crippen LogP contribution in [0.5, 0.6) is 0 Å². The molecule has 5 rings (SSSR count). The monoisotopic (exact) mass is 540 g/mol. The summed E-state index contributed by atoms with van der Waals surface area (Å²) in [6.07, 6.45) is 0. The van der Waals surface area contributed by atoms with Crippen molar-refractivity contribution in [2.75, 3.05) is 62.3 Å². The Morgan fingerprint density at radius 2 is 1.60 bits per heavy atom. The molecular formula is C25H25BrN4O5. The van der Waals surface area contributed by atoms with Crippen molar-refractivity contribution in [3.63, 3.8) is 0 Å². The van der Waals surface area contributed by atoms with Crippen molar-refractivity contribution in [1.82, 2.24) is 4.90 Å². The van der Waals surface area contributed by atoms with E-state index in [2.05, 4.69) is 20.8 Å². The number of anilines is 2. The van der Waals surface area contributed by atoms with E-state index in [-0.39, 0.29) is 16.5 Å². The number of morpholine rings is 1. The molecule has 3 heterocycles. The Labute approximate surface area is 211 Å². The summed E-state index contributed by atoms with van der Waals surface area (Å²) >= 11 is 3.42. The van der Waals surface area contributed by atoms with Gasteiger partial charge in [0.05, 0.1) is 18.1 Å². The Hall–Kier alpha value is -3.37. The number of rotatable bonds is 5. The van der Waals surface area contributed by atoms with Crippen molar-refractivity contribution < 1.29 is 18.9 Å². The predicted molar refractivity (Wildman–Crippen MR) is 136 cm³/mol. The van der Waals surface area contributed by atoms with Crippen LogP contribution in [-0.4, -0.2) is 68.2 Å². The number of furan rings is 1. The van der Waals surface area contributed by atoms with Crippen LogP contribution in [0.2, 0.25) is 0 Å². The van der Waals surface area contributed by atoms with Gasteiger partial charge in [-0.05, 0) is 36.4 Å². The maximum Gasteiger partial charge on any atom is 0.292 e. The number of halogens is 1. The molecule has 3 aromatic rings. The Kier molecular flexibility index (Phi) is 6.74. The van der Waals surface area contributed by atoms with Crippen molar-refractivity contribution in [2.24, 2.45) is 0 Å². The molecule has 35 heavy (non-hydrogen) atoms. The highest BCUT2D eigenvalue weighted by Crippen LogP contribution is 2.34. The molecule has 2 aliphatic heterocycles. The summed E-state index contributed by atoms with van der Waals surface area (Å²) in [5.74, 6) is 0.841.